The Hall–Kier alpha value is -0.610. The van der Waals surface area contributed by atoms with Gasteiger partial charge in [0.15, 0.2) is 11.6 Å². The molecule has 0 aromatic heterocycles. The van der Waals surface area contributed by atoms with Crippen molar-refractivity contribution in [3.63, 3.8) is 0 Å². The zero-order valence-electron chi connectivity index (χ0n) is 9.10. The summed E-state index contributed by atoms with van der Waals surface area (Å²) in [6, 6.07) is 3.29. The minimum Gasteiger partial charge on any atom is -0.492 e. The fourth-order valence-electron chi connectivity index (χ4n) is 1.44. The molecule has 4 heteroatoms. The van der Waals surface area contributed by atoms with Crippen molar-refractivity contribution in [2.45, 2.75) is 25.8 Å². The molecule has 0 heterocycles. The molecule has 15 heavy (non-hydrogen) atoms. The summed E-state index contributed by atoms with van der Waals surface area (Å²) in [5.41, 5.74) is 6.38. The summed E-state index contributed by atoms with van der Waals surface area (Å²) in [5.74, 6) is -0.139. The van der Waals surface area contributed by atoms with E-state index in [4.69, 9.17) is 10.5 Å². The van der Waals surface area contributed by atoms with Crippen LogP contribution in [0.25, 0.3) is 0 Å². The average molecular weight is 276 g/mol. The molecular formula is C11H15BrFNO. The molecule has 0 atom stereocenters. The van der Waals surface area contributed by atoms with Gasteiger partial charge in [0, 0.05) is 5.54 Å². The molecule has 0 bridgehead atoms. The highest BCUT2D eigenvalue weighted by Crippen LogP contribution is 2.30. The highest BCUT2D eigenvalue weighted by atomic mass is 79.9. The summed E-state index contributed by atoms with van der Waals surface area (Å²) >= 11 is 3.26. The van der Waals surface area contributed by atoms with Crippen molar-refractivity contribution < 1.29 is 9.13 Å². The Morgan fingerprint density at radius 1 is 1.47 bits per heavy atom. The van der Waals surface area contributed by atoms with Crippen molar-refractivity contribution in [1.82, 2.24) is 0 Å². The first-order valence-corrected chi connectivity index (χ1v) is 5.43. The molecule has 0 aliphatic heterocycles. The largest absolute Gasteiger partial charge is 0.492 e. The molecule has 0 amide bonds. The van der Waals surface area contributed by atoms with Crippen LogP contribution in [0.5, 0.6) is 5.75 Å². The second-order valence-corrected chi connectivity index (χ2v) is 5.11. The zero-order valence-corrected chi connectivity index (χ0v) is 10.7. The molecule has 0 fully saturated rings. The lowest BCUT2D eigenvalue weighted by molar-refractivity contribution is 0.383. The average Bonchev–Trinajstić information content (AvgIpc) is 1.99. The normalized spacial score (nSPS) is 11.6. The van der Waals surface area contributed by atoms with Gasteiger partial charge in [0.1, 0.15) is 0 Å². The van der Waals surface area contributed by atoms with E-state index in [1.165, 1.54) is 13.2 Å². The topological polar surface area (TPSA) is 35.2 Å². The first-order chi connectivity index (χ1) is 6.83. The van der Waals surface area contributed by atoms with Gasteiger partial charge in [-0.05, 0) is 53.9 Å². The van der Waals surface area contributed by atoms with Gasteiger partial charge in [0.2, 0.25) is 0 Å². The van der Waals surface area contributed by atoms with Crippen LogP contribution >= 0.6 is 15.9 Å². The minimum atomic E-state index is -0.369. The molecule has 0 aliphatic rings. The lowest BCUT2D eigenvalue weighted by atomic mass is 9.96. The molecule has 1 aromatic carbocycles. The maximum absolute atomic E-state index is 13.5. The summed E-state index contributed by atoms with van der Waals surface area (Å²) in [5, 5.41) is 0. The fraction of sp³-hybridized carbons (Fsp3) is 0.455. The van der Waals surface area contributed by atoms with Crippen molar-refractivity contribution >= 4 is 15.9 Å². The molecule has 0 unspecified atom stereocenters. The van der Waals surface area contributed by atoms with E-state index < -0.39 is 0 Å². The van der Waals surface area contributed by atoms with Crippen LogP contribution in [0, 0.1) is 5.82 Å². The van der Waals surface area contributed by atoms with Gasteiger partial charge >= 0.3 is 0 Å². The maximum Gasteiger partial charge on any atom is 0.168 e. The van der Waals surface area contributed by atoms with E-state index >= 15 is 0 Å². The van der Waals surface area contributed by atoms with Gasteiger partial charge in [0.25, 0.3) is 0 Å². The highest BCUT2D eigenvalue weighted by Gasteiger charge is 2.15. The third kappa shape index (κ3) is 3.47. The SMILES string of the molecule is COc1c(F)cc(CC(C)(C)N)cc1Br. The van der Waals surface area contributed by atoms with E-state index in [9.17, 15) is 4.39 Å². The van der Waals surface area contributed by atoms with Crippen molar-refractivity contribution in [3.05, 3.63) is 28.0 Å². The number of benzene rings is 1. The molecule has 1 aromatic rings. The molecule has 84 valence electrons. The van der Waals surface area contributed by atoms with E-state index in [0.29, 0.717) is 10.9 Å². The van der Waals surface area contributed by atoms with E-state index in [1.807, 2.05) is 19.9 Å². The Balaban J connectivity index is 3.04. The molecule has 0 aliphatic carbocycles. The van der Waals surface area contributed by atoms with Crippen LogP contribution in [-0.2, 0) is 6.42 Å². The number of hydrogen-bond donors (Lipinski definition) is 1. The van der Waals surface area contributed by atoms with E-state index in [1.54, 1.807) is 0 Å². The second-order valence-electron chi connectivity index (χ2n) is 4.26. The number of rotatable bonds is 3. The summed E-state index contributed by atoms with van der Waals surface area (Å²) in [7, 11) is 1.44. The Morgan fingerprint density at radius 3 is 2.47 bits per heavy atom. The van der Waals surface area contributed by atoms with E-state index in [2.05, 4.69) is 15.9 Å². The number of halogens is 2. The molecule has 0 spiro atoms. The first kappa shape index (κ1) is 12.5. The van der Waals surface area contributed by atoms with Crippen LogP contribution in [0.3, 0.4) is 0 Å². The lowest BCUT2D eigenvalue weighted by Gasteiger charge is -2.19. The Labute approximate surface area is 97.7 Å². The van der Waals surface area contributed by atoms with Crippen LogP contribution in [0.2, 0.25) is 0 Å². The number of hydrogen-bond acceptors (Lipinski definition) is 2. The van der Waals surface area contributed by atoms with Crippen molar-refractivity contribution in [2.75, 3.05) is 7.11 Å². The van der Waals surface area contributed by atoms with E-state index in [0.717, 1.165) is 5.56 Å². The van der Waals surface area contributed by atoms with Crippen molar-refractivity contribution in [3.8, 4) is 5.75 Å². The van der Waals surface area contributed by atoms with E-state index in [-0.39, 0.29) is 17.1 Å². The summed E-state index contributed by atoms with van der Waals surface area (Å²) < 4.78 is 19.0. The first-order valence-electron chi connectivity index (χ1n) is 4.64. The zero-order chi connectivity index (χ0) is 11.6. The number of nitrogens with two attached hydrogens (primary N) is 1. The standard InChI is InChI=1S/C11H15BrFNO/c1-11(2,14)6-7-4-8(12)10(15-3)9(13)5-7/h4-5H,6,14H2,1-3H3. The van der Waals surface area contributed by atoms with Crippen LogP contribution in [0.4, 0.5) is 4.39 Å². The predicted molar refractivity (Wildman–Crippen MR) is 62.6 cm³/mol. The van der Waals surface area contributed by atoms with Crippen LogP contribution < -0.4 is 10.5 Å². The van der Waals surface area contributed by atoms with Gasteiger partial charge in [-0.15, -0.1) is 0 Å². The third-order valence-corrected chi connectivity index (χ3v) is 2.51. The Bertz CT molecular complexity index is 337. The molecular weight excluding hydrogens is 261 g/mol. The molecule has 2 nitrogen and oxygen atoms in total. The van der Waals surface area contributed by atoms with Crippen LogP contribution in [-0.4, -0.2) is 12.6 Å². The monoisotopic (exact) mass is 275 g/mol. The van der Waals surface area contributed by atoms with Crippen molar-refractivity contribution in [2.24, 2.45) is 5.73 Å². The summed E-state index contributed by atoms with van der Waals surface area (Å²) in [6.45, 7) is 3.81. The van der Waals surface area contributed by atoms with Crippen molar-refractivity contribution in [1.29, 1.82) is 0 Å². The fourth-order valence-corrected chi connectivity index (χ4v) is 2.08. The van der Waals surface area contributed by atoms with Gasteiger partial charge in [-0.3, -0.25) is 0 Å². The molecule has 0 saturated heterocycles. The predicted octanol–water partition coefficient (Wildman–Crippen LogP) is 2.88. The smallest absolute Gasteiger partial charge is 0.168 e. The third-order valence-electron chi connectivity index (χ3n) is 1.92. The summed E-state index contributed by atoms with van der Waals surface area (Å²) in [4.78, 5) is 0. The Morgan fingerprint density at radius 2 is 2.07 bits per heavy atom. The molecule has 0 radical (unpaired) electrons. The Kier molecular flexibility index (Phi) is 3.73. The molecule has 0 saturated carbocycles. The minimum absolute atomic E-state index is 0.230. The van der Waals surface area contributed by atoms with Gasteiger partial charge in [-0.2, -0.15) is 0 Å². The lowest BCUT2D eigenvalue weighted by Crippen LogP contribution is -2.34. The van der Waals surface area contributed by atoms with Gasteiger partial charge < -0.3 is 10.5 Å². The highest BCUT2D eigenvalue weighted by molar-refractivity contribution is 9.10. The second kappa shape index (κ2) is 4.49. The van der Waals surface area contributed by atoms with Gasteiger partial charge in [-0.25, -0.2) is 4.39 Å². The van der Waals surface area contributed by atoms with Crippen LogP contribution in [0.15, 0.2) is 16.6 Å². The quantitative estimate of drug-likeness (QED) is 0.921. The number of methoxy groups -OCH3 is 1. The molecule has 2 N–H and O–H groups in total. The van der Waals surface area contributed by atoms with Gasteiger partial charge in [-0.1, -0.05) is 0 Å². The van der Waals surface area contributed by atoms with Crippen LogP contribution in [0.1, 0.15) is 19.4 Å². The summed E-state index contributed by atoms with van der Waals surface area (Å²) in [6.07, 6.45) is 0.618. The number of ether oxygens (including phenoxy) is 1. The molecule has 1 rings (SSSR count). The van der Waals surface area contributed by atoms with Gasteiger partial charge in [0.05, 0.1) is 11.6 Å². The maximum atomic E-state index is 13.5.